The molecule has 6 heteroatoms. The number of nitrogens with one attached hydrogen (secondary N) is 1. The molecule has 5 nitrogen and oxygen atoms in total. The highest BCUT2D eigenvalue weighted by atomic mass is 35.5. The van der Waals surface area contributed by atoms with E-state index in [4.69, 9.17) is 16.3 Å². The van der Waals surface area contributed by atoms with E-state index in [2.05, 4.69) is 5.32 Å². The van der Waals surface area contributed by atoms with Crippen molar-refractivity contribution < 1.29 is 19.4 Å². The van der Waals surface area contributed by atoms with Gasteiger partial charge in [0.25, 0.3) is 0 Å². The van der Waals surface area contributed by atoms with E-state index in [1.54, 1.807) is 6.92 Å². The van der Waals surface area contributed by atoms with Crippen LogP contribution in [0, 0.1) is 5.92 Å². The van der Waals surface area contributed by atoms with Gasteiger partial charge in [-0.15, -0.1) is 11.6 Å². The molecule has 0 aromatic carbocycles. The first-order valence-corrected chi connectivity index (χ1v) is 9.70. The van der Waals surface area contributed by atoms with Gasteiger partial charge in [-0.3, -0.25) is 4.79 Å². The van der Waals surface area contributed by atoms with Gasteiger partial charge in [-0.05, 0) is 63.0 Å². The maximum absolute atomic E-state index is 12.5. The number of aliphatic hydroxyl groups is 1. The first-order valence-electron chi connectivity index (χ1n) is 9.16. The molecule has 2 N–H and O–H groups in total. The quantitative estimate of drug-likeness (QED) is 0.592. The number of hydrogen-bond donors (Lipinski definition) is 2. The molecule has 0 spiro atoms. The highest BCUT2D eigenvalue weighted by Crippen LogP contribution is 2.54. The molecule has 4 rings (SSSR count). The number of halogens is 1. The van der Waals surface area contributed by atoms with Crippen LogP contribution in [0.25, 0.3) is 0 Å². The van der Waals surface area contributed by atoms with Gasteiger partial charge in [0.2, 0.25) is 11.4 Å². The Hall–Kier alpha value is -1.33. The first-order chi connectivity index (χ1) is 12.0. The Morgan fingerprint density at radius 1 is 1.36 bits per heavy atom. The Balaban J connectivity index is 1.73. The van der Waals surface area contributed by atoms with Crippen molar-refractivity contribution in [3.63, 3.8) is 0 Å². The highest BCUT2D eigenvalue weighted by molar-refractivity contribution is 6.18. The lowest BCUT2D eigenvalue weighted by molar-refractivity contribution is -0.231. The fourth-order valence-corrected chi connectivity index (χ4v) is 5.38. The summed E-state index contributed by atoms with van der Waals surface area (Å²) in [6.45, 7) is 1.74. The van der Waals surface area contributed by atoms with Crippen molar-refractivity contribution in [1.29, 1.82) is 0 Å². The molecule has 0 aromatic rings. The van der Waals surface area contributed by atoms with Crippen LogP contribution in [0.15, 0.2) is 22.8 Å². The minimum atomic E-state index is -1.39. The molecule has 136 valence electrons. The molecule has 2 saturated heterocycles. The highest BCUT2D eigenvalue weighted by Gasteiger charge is 2.79. The Labute approximate surface area is 152 Å². The molecule has 4 atom stereocenters. The van der Waals surface area contributed by atoms with E-state index >= 15 is 0 Å². The number of esters is 1. The van der Waals surface area contributed by atoms with E-state index in [0.29, 0.717) is 12.3 Å². The van der Waals surface area contributed by atoms with Crippen molar-refractivity contribution in [2.45, 2.75) is 69.1 Å². The van der Waals surface area contributed by atoms with Crippen LogP contribution in [0.2, 0.25) is 0 Å². The van der Waals surface area contributed by atoms with Gasteiger partial charge in [0.15, 0.2) is 5.60 Å². The van der Waals surface area contributed by atoms with Gasteiger partial charge in [0.05, 0.1) is 5.92 Å². The SMILES string of the molecule is C[C@@]12OC(=O)C1([C@@H](O)C1=CCCC3=C1CCCC3)NC(=O)[C@@H]2CCCl. The predicted octanol–water partition coefficient (Wildman–Crippen LogP) is 2.37. The Morgan fingerprint density at radius 3 is 2.84 bits per heavy atom. The molecule has 0 bridgehead atoms. The molecule has 2 aliphatic carbocycles. The van der Waals surface area contributed by atoms with Crippen LogP contribution >= 0.6 is 11.6 Å². The van der Waals surface area contributed by atoms with Gasteiger partial charge in [-0.2, -0.15) is 0 Å². The van der Waals surface area contributed by atoms with Crippen LogP contribution in [-0.2, 0) is 14.3 Å². The predicted molar refractivity (Wildman–Crippen MR) is 93.0 cm³/mol. The van der Waals surface area contributed by atoms with Crippen molar-refractivity contribution in [1.82, 2.24) is 5.32 Å². The first kappa shape index (κ1) is 17.1. The molecule has 0 radical (unpaired) electrons. The monoisotopic (exact) mass is 365 g/mol. The molecule has 4 aliphatic rings. The largest absolute Gasteiger partial charge is 0.453 e. The van der Waals surface area contributed by atoms with Crippen LogP contribution < -0.4 is 5.32 Å². The smallest absolute Gasteiger partial charge is 0.339 e. The van der Waals surface area contributed by atoms with Gasteiger partial charge in [0, 0.05) is 5.88 Å². The number of fused-ring (bicyclic) bond motifs is 1. The standard InChI is InChI=1S/C19H24ClNO4/c1-18-14(9-10-20)16(23)21-19(18,17(24)25-18)15(22)13-8-4-6-11-5-2-3-7-12(11)13/h8,14-15,22H,2-7,9-10H2,1H3,(H,21,23)/t14-,15-,18-,19?/m0/s1. The summed E-state index contributed by atoms with van der Waals surface area (Å²) < 4.78 is 5.45. The molecule has 2 heterocycles. The normalized spacial score (nSPS) is 38.2. The third kappa shape index (κ3) is 2.12. The fraction of sp³-hybridized carbons (Fsp3) is 0.684. The molecule has 1 unspecified atom stereocenters. The summed E-state index contributed by atoms with van der Waals surface area (Å²) in [7, 11) is 0. The van der Waals surface area contributed by atoms with Crippen LogP contribution in [-0.4, -0.2) is 40.1 Å². The zero-order valence-electron chi connectivity index (χ0n) is 14.4. The topological polar surface area (TPSA) is 75.6 Å². The second kappa shape index (κ2) is 5.85. The molecular weight excluding hydrogens is 342 g/mol. The van der Waals surface area contributed by atoms with Crippen molar-refractivity contribution in [2.24, 2.45) is 5.92 Å². The van der Waals surface area contributed by atoms with Crippen LogP contribution in [0.1, 0.15) is 51.9 Å². The zero-order valence-corrected chi connectivity index (χ0v) is 15.2. The molecule has 0 saturated carbocycles. The lowest BCUT2D eigenvalue weighted by atomic mass is 9.64. The number of aliphatic hydroxyl groups excluding tert-OH is 1. The number of carbonyl (C=O) groups excluding carboxylic acids is 2. The Morgan fingerprint density at radius 2 is 2.12 bits per heavy atom. The molecular formula is C19H24ClNO4. The number of allylic oxidation sites excluding steroid dienone is 2. The van der Waals surface area contributed by atoms with E-state index in [1.807, 2.05) is 6.08 Å². The summed E-state index contributed by atoms with van der Waals surface area (Å²) in [6.07, 6.45) is 7.55. The van der Waals surface area contributed by atoms with Crippen molar-refractivity contribution in [3.8, 4) is 0 Å². The Kier molecular flexibility index (Phi) is 4.00. The number of amides is 1. The van der Waals surface area contributed by atoms with E-state index in [9.17, 15) is 14.7 Å². The van der Waals surface area contributed by atoms with Crippen LogP contribution in [0.4, 0.5) is 0 Å². The van der Waals surface area contributed by atoms with Gasteiger partial charge >= 0.3 is 5.97 Å². The van der Waals surface area contributed by atoms with E-state index < -0.39 is 29.1 Å². The van der Waals surface area contributed by atoms with Crippen LogP contribution in [0.5, 0.6) is 0 Å². The average Bonchev–Trinajstić information content (AvgIpc) is 2.79. The summed E-state index contributed by atoms with van der Waals surface area (Å²) in [5.74, 6) is -1.03. The molecule has 0 aromatic heterocycles. The number of alkyl halides is 1. The van der Waals surface area contributed by atoms with Crippen molar-refractivity contribution >= 4 is 23.5 Å². The zero-order chi connectivity index (χ0) is 17.8. The molecule has 2 fully saturated rings. The number of ether oxygens (including phenoxy) is 1. The third-order valence-corrected chi connectivity index (χ3v) is 6.77. The number of carbonyl (C=O) groups is 2. The van der Waals surface area contributed by atoms with Gasteiger partial charge in [-0.1, -0.05) is 11.6 Å². The summed E-state index contributed by atoms with van der Waals surface area (Å²) in [6, 6.07) is 0. The van der Waals surface area contributed by atoms with E-state index in [1.165, 1.54) is 17.6 Å². The lowest BCUT2D eigenvalue weighted by Gasteiger charge is -2.54. The van der Waals surface area contributed by atoms with Gasteiger partial charge in [0.1, 0.15) is 6.10 Å². The fourth-order valence-electron chi connectivity index (χ4n) is 5.16. The van der Waals surface area contributed by atoms with Crippen molar-refractivity contribution in [3.05, 3.63) is 22.8 Å². The van der Waals surface area contributed by atoms with E-state index in [-0.39, 0.29) is 5.91 Å². The maximum atomic E-state index is 12.5. The summed E-state index contributed by atoms with van der Waals surface area (Å²) in [5.41, 5.74) is 0.963. The third-order valence-electron chi connectivity index (χ3n) is 6.55. The number of rotatable bonds is 4. The van der Waals surface area contributed by atoms with Crippen molar-refractivity contribution in [2.75, 3.05) is 5.88 Å². The molecule has 25 heavy (non-hydrogen) atoms. The lowest BCUT2D eigenvalue weighted by Crippen LogP contribution is -2.79. The minimum absolute atomic E-state index is 0.262. The average molecular weight is 366 g/mol. The second-order valence-corrected chi connectivity index (χ2v) is 8.09. The van der Waals surface area contributed by atoms with E-state index in [0.717, 1.165) is 37.7 Å². The summed E-state index contributed by atoms with van der Waals surface area (Å²) in [4.78, 5) is 25.0. The minimum Gasteiger partial charge on any atom is -0.453 e. The second-order valence-electron chi connectivity index (χ2n) is 7.71. The number of hydrogen-bond acceptors (Lipinski definition) is 4. The molecule has 1 amide bonds. The summed E-state index contributed by atoms with van der Waals surface area (Å²) in [5, 5.41) is 14.1. The van der Waals surface area contributed by atoms with Gasteiger partial charge in [-0.25, -0.2) is 4.79 Å². The maximum Gasteiger partial charge on any atom is 0.339 e. The Bertz CT molecular complexity index is 700. The van der Waals surface area contributed by atoms with Crippen LogP contribution in [0.3, 0.4) is 0 Å². The van der Waals surface area contributed by atoms with Gasteiger partial charge < -0.3 is 15.2 Å². The molecule has 2 aliphatic heterocycles. The summed E-state index contributed by atoms with van der Waals surface area (Å²) >= 11 is 5.85.